The maximum absolute atomic E-state index is 11.3. The van der Waals surface area contributed by atoms with E-state index in [4.69, 9.17) is 9.15 Å². The molecule has 1 aromatic heterocycles. The number of rotatable bonds is 2. The minimum atomic E-state index is -0.537. The molecule has 1 aromatic carbocycles. The molecular formula is C10H8BrNO3. The second kappa shape index (κ2) is 4.02. The standard InChI is InChI=1S/C10H8BrNO3/c1-2-14-10(13)9-12-7-4-3-6(11)5-8(7)15-9/h3-5H,2H2,1H3. The monoisotopic (exact) mass is 269 g/mol. The highest BCUT2D eigenvalue weighted by Gasteiger charge is 2.14. The Morgan fingerprint density at radius 3 is 3.13 bits per heavy atom. The van der Waals surface area contributed by atoms with Gasteiger partial charge in [0.05, 0.1) is 6.61 Å². The third-order valence-electron chi connectivity index (χ3n) is 1.80. The van der Waals surface area contributed by atoms with Gasteiger partial charge in [-0.15, -0.1) is 0 Å². The molecule has 4 nitrogen and oxygen atoms in total. The fourth-order valence-electron chi connectivity index (χ4n) is 1.18. The van der Waals surface area contributed by atoms with Crippen LogP contribution in [0.25, 0.3) is 11.1 Å². The first-order chi connectivity index (χ1) is 7.20. The molecule has 0 amide bonds. The van der Waals surface area contributed by atoms with E-state index in [9.17, 15) is 4.79 Å². The number of hydrogen-bond acceptors (Lipinski definition) is 4. The summed E-state index contributed by atoms with van der Waals surface area (Å²) in [6.07, 6.45) is 0. The first-order valence-corrected chi connectivity index (χ1v) is 5.23. The number of aromatic nitrogens is 1. The zero-order valence-electron chi connectivity index (χ0n) is 7.99. The molecule has 0 bridgehead atoms. The molecule has 0 radical (unpaired) electrons. The third kappa shape index (κ3) is 2.02. The summed E-state index contributed by atoms with van der Waals surface area (Å²) in [6, 6.07) is 5.36. The van der Waals surface area contributed by atoms with Gasteiger partial charge in [0.1, 0.15) is 5.52 Å². The molecule has 0 fully saturated rings. The van der Waals surface area contributed by atoms with Crippen LogP contribution in [-0.4, -0.2) is 17.6 Å². The molecule has 0 N–H and O–H groups in total. The summed E-state index contributed by atoms with van der Waals surface area (Å²) >= 11 is 3.31. The molecule has 0 spiro atoms. The number of carbonyl (C=O) groups excluding carboxylic acids is 1. The smallest absolute Gasteiger partial charge is 0.394 e. The summed E-state index contributed by atoms with van der Waals surface area (Å²) in [7, 11) is 0. The molecular weight excluding hydrogens is 262 g/mol. The maximum atomic E-state index is 11.3. The highest BCUT2D eigenvalue weighted by atomic mass is 79.9. The SMILES string of the molecule is CCOC(=O)c1nc2ccc(Br)cc2o1. The number of nitrogens with zero attached hydrogens (tertiary/aromatic N) is 1. The zero-order chi connectivity index (χ0) is 10.8. The normalized spacial score (nSPS) is 10.5. The van der Waals surface area contributed by atoms with Gasteiger partial charge in [-0.1, -0.05) is 15.9 Å². The summed E-state index contributed by atoms with van der Waals surface area (Å²) in [5.74, 6) is -0.547. The van der Waals surface area contributed by atoms with Crippen LogP contribution in [0.15, 0.2) is 27.1 Å². The molecule has 2 rings (SSSR count). The number of fused-ring (bicyclic) bond motifs is 1. The second-order valence-corrected chi connectivity index (χ2v) is 3.77. The molecule has 5 heteroatoms. The van der Waals surface area contributed by atoms with Crippen molar-refractivity contribution < 1.29 is 13.9 Å². The first-order valence-electron chi connectivity index (χ1n) is 4.44. The van der Waals surface area contributed by atoms with Gasteiger partial charge in [0, 0.05) is 4.47 Å². The Morgan fingerprint density at radius 2 is 2.40 bits per heavy atom. The van der Waals surface area contributed by atoms with E-state index in [0.717, 1.165) is 4.47 Å². The van der Waals surface area contributed by atoms with E-state index in [0.29, 0.717) is 17.7 Å². The lowest BCUT2D eigenvalue weighted by molar-refractivity contribution is 0.0483. The van der Waals surface area contributed by atoms with E-state index in [1.165, 1.54) is 0 Å². The van der Waals surface area contributed by atoms with Crippen molar-refractivity contribution in [2.24, 2.45) is 0 Å². The van der Waals surface area contributed by atoms with E-state index in [1.807, 2.05) is 6.07 Å². The van der Waals surface area contributed by atoms with Crippen LogP contribution >= 0.6 is 15.9 Å². The van der Waals surface area contributed by atoms with E-state index >= 15 is 0 Å². The van der Waals surface area contributed by atoms with Gasteiger partial charge in [0.2, 0.25) is 0 Å². The lowest BCUT2D eigenvalue weighted by atomic mass is 10.3. The molecule has 0 aliphatic rings. The lowest BCUT2D eigenvalue weighted by Gasteiger charge is -1.94. The van der Waals surface area contributed by atoms with Crippen LogP contribution in [0.3, 0.4) is 0 Å². The molecule has 78 valence electrons. The van der Waals surface area contributed by atoms with E-state index in [2.05, 4.69) is 20.9 Å². The Labute approximate surface area is 94.4 Å². The average Bonchev–Trinajstić information content (AvgIpc) is 2.60. The number of hydrogen-bond donors (Lipinski definition) is 0. The molecule has 15 heavy (non-hydrogen) atoms. The quantitative estimate of drug-likeness (QED) is 0.787. The Hall–Kier alpha value is -1.36. The number of ether oxygens (including phenoxy) is 1. The topological polar surface area (TPSA) is 52.3 Å². The van der Waals surface area contributed by atoms with Gasteiger partial charge >= 0.3 is 11.9 Å². The summed E-state index contributed by atoms with van der Waals surface area (Å²) in [6.45, 7) is 2.04. The van der Waals surface area contributed by atoms with Crippen molar-refractivity contribution in [1.29, 1.82) is 0 Å². The van der Waals surface area contributed by atoms with Gasteiger partial charge in [0.15, 0.2) is 5.58 Å². The number of esters is 1. The summed E-state index contributed by atoms with van der Waals surface area (Å²) in [4.78, 5) is 15.3. The Kier molecular flexibility index (Phi) is 2.73. The summed E-state index contributed by atoms with van der Waals surface area (Å²) in [5, 5.41) is 0. The van der Waals surface area contributed by atoms with Crippen LogP contribution in [0.2, 0.25) is 0 Å². The average molecular weight is 270 g/mol. The second-order valence-electron chi connectivity index (χ2n) is 2.85. The Balaban J connectivity index is 2.42. The predicted octanol–water partition coefficient (Wildman–Crippen LogP) is 2.77. The van der Waals surface area contributed by atoms with E-state index < -0.39 is 5.97 Å². The maximum Gasteiger partial charge on any atom is 0.394 e. The highest BCUT2D eigenvalue weighted by Crippen LogP contribution is 2.20. The van der Waals surface area contributed by atoms with Gasteiger partial charge in [-0.3, -0.25) is 0 Å². The minimum Gasteiger partial charge on any atom is -0.459 e. The summed E-state index contributed by atoms with van der Waals surface area (Å²) < 4.78 is 10.9. The fourth-order valence-corrected chi connectivity index (χ4v) is 1.52. The van der Waals surface area contributed by atoms with Crippen molar-refractivity contribution in [2.45, 2.75) is 6.92 Å². The van der Waals surface area contributed by atoms with Gasteiger partial charge in [-0.05, 0) is 25.1 Å². The third-order valence-corrected chi connectivity index (χ3v) is 2.29. The largest absolute Gasteiger partial charge is 0.459 e. The molecule has 0 atom stereocenters. The van der Waals surface area contributed by atoms with E-state index in [1.54, 1.807) is 19.1 Å². The van der Waals surface area contributed by atoms with E-state index in [-0.39, 0.29) is 5.89 Å². The van der Waals surface area contributed by atoms with Crippen molar-refractivity contribution >= 4 is 33.0 Å². The van der Waals surface area contributed by atoms with Crippen molar-refractivity contribution in [1.82, 2.24) is 4.98 Å². The molecule has 0 unspecified atom stereocenters. The molecule has 2 aromatic rings. The number of halogens is 1. The molecule has 0 aliphatic carbocycles. The van der Waals surface area contributed by atoms with Crippen LogP contribution in [-0.2, 0) is 4.74 Å². The number of oxazole rings is 1. The van der Waals surface area contributed by atoms with Crippen molar-refractivity contribution in [3.8, 4) is 0 Å². The summed E-state index contributed by atoms with van der Waals surface area (Å²) in [5.41, 5.74) is 1.20. The van der Waals surface area contributed by atoms with Crippen LogP contribution in [0.4, 0.5) is 0 Å². The number of benzene rings is 1. The van der Waals surface area contributed by atoms with Crippen LogP contribution < -0.4 is 0 Å². The van der Waals surface area contributed by atoms with Crippen LogP contribution in [0, 0.1) is 0 Å². The molecule has 0 saturated carbocycles. The first kappa shape index (κ1) is 10.2. The van der Waals surface area contributed by atoms with Gasteiger partial charge in [0.25, 0.3) is 0 Å². The van der Waals surface area contributed by atoms with Gasteiger partial charge < -0.3 is 9.15 Å². The van der Waals surface area contributed by atoms with Crippen molar-refractivity contribution in [2.75, 3.05) is 6.61 Å². The zero-order valence-corrected chi connectivity index (χ0v) is 9.58. The predicted molar refractivity (Wildman–Crippen MR) is 57.7 cm³/mol. The molecule has 0 saturated heterocycles. The minimum absolute atomic E-state index is 0.00931. The van der Waals surface area contributed by atoms with Crippen molar-refractivity contribution in [3.05, 3.63) is 28.6 Å². The molecule has 0 aliphatic heterocycles. The van der Waals surface area contributed by atoms with Gasteiger partial charge in [-0.2, -0.15) is 0 Å². The highest BCUT2D eigenvalue weighted by molar-refractivity contribution is 9.10. The lowest BCUT2D eigenvalue weighted by Crippen LogP contribution is -2.04. The van der Waals surface area contributed by atoms with Crippen LogP contribution in [0.5, 0.6) is 0 Å². The Bertz CT molecular complexity index is 506. The molecule has 1 heterocycles. The van der Waals surface area contributed by atoms with Gasteiger partial charge in [-0.25, -0.2) is 9.78 Å². The van der Waals surface area contributed by atoms with Crippen molar-refractivity contribution in [3.63, 3.8) is 0 Å². The van der Waals surface area contributed by atoms with Crippen LogP contribution in [0.1, 0.15) is 17.6 Å². The fraction of sp³-hybridized carbons (Fsp3) is 0.200. The Morgan fingerprint density at radius 1 is 1.60 bits per heavy atom. The number of carbonyl (C=O) groups is 1.